The van der Waals surface area contributed by atoms with E-state index in [-0.39, 0.29) is 6.09 Å². The highest BCUT2D eigenvalue weighted by Crippen LogP contribution is 2.31. The molecule has 0 unspecified atom stereocenters. The maximum atomic E-state index is 11.8. The topological polar surface area (TPSA) is 38.3 Å². The fourth-order valence-corrected chi connectivity index (χ4v) is 3.25. The van der Waals surface area contributed by atoms with E-state index < -0.39 is 0 Å². The van der Waals surface area contributed by atoms with E-state index in [2.05, 4.69) is 11.9 Å². The van der Waals surface area contributed by atoms with E-state index in [1.807, 2.05) is 36.4 Å². The van der Waals surface area contributed by atoms with Gasteiger partial charge in [-0.25, -0.2) is 4.79 Å². The average molecular weight is 301 g/mol. The molecule has 0 radical (unpaired) electrons. The fourth-order valence-electron chi connectivity index (χ4n) is 3.25. The minimum atomic E-state index is -0.325. The van der Waals surface area contributed by atoms with Crippen molar-refractivity contribution >= 4 is 6.09 Å². The molecule has 0 aliphatic heterocycles. The third-order valence-electron chi connectivity index (χ3n) is 4.51. The van der Waals surface area contributed by atoms with Crippen LogP contribution in [0.15, 0.2) is 43.0 Å². The number of rotatable bonds is 7. The van der Waals surface area contributed by atoms with Gasteiger partial charge in [0.05, 0.1) is 0 Å². The summed E-state index contributed by atoms with van der Waals surface area (Å²) in [6, 6.07) is 9.75. The predicted molar refractivity (Wildman–Crippen MR) is 89.5 cm³/mol. The highest BCUT2D eigenvalue weighted by atomic mass is 16.5. The van der Waals surface area contributed by atoms with Crippen molar-refractivity contribution in [2.75, 3.05) is 6.54 Å². The van der Waals surface area contributed by atoms with Gasteiger partial charge < -0.3 is 10.1 Å². The number of amides is 1. The quantitative estimate of drug-likeness (QED) is 0.742. The van der Waals surface area contributed by atoms with Crippen LogP contribution in [-0.4, -0.2) is 12.6 Å². The first-order valence-corrected chi connectivity index (χ1v) is 8.35. The normalized spacial score (nSPS) is 16.7. The molecule has 1 aliphatic rings. The van der Waals surface area contributed by atoms with Crippen molar-refractivity contribution in [2.24, 2.45) is 11.8 Å². The Balaban J connectivity index is 1.73. The van der Waals surface area contributed by atoms with Crippen LogP contribution in [0.5, 0.6) is 0 Å². The van der Waals surface area contributed by atoms with Crippen molar-refractivity contribution in [1.82, 2.24) is 5.32 Å². The first-order valence-electron chi connectivity index (χ1n) is 8.35. The number of hydrogen-bond acceptors (Lipinski definition) is 2. The average Bonchev–Trinajstić information content (AvgIpc) is 2.58. The zero-order valence-electron chi connectivity index (χ0n) is 13.3. The molecule has 0 heterocycles. The molecule has 0 saturated heterocycles. The molecule has 120 valence electrons. The Morgan fingerprint density at radius 1 is 1.27 bits per heavy atom. The lowest BCUT2D eigenvalue weighted by Gasteiger charge is -2.29. The molecule has 1 fully saturated rings. The summed E-state index contributed by atoms with van der Waals surface area (Å²) in [5.41, 5.74) is 1.01. The van der Waals surface area contributed by atoms with Gasteiger partial charge in [0.15, 0.2) is 0 Å². The molecule has 0 spiro atoms. The third-order valence-corrected chi connectivity index (χ3v) is 4.51. The van der Waals surface area contributed by atoms with Gasteiger partial charge in [-0.05, 0) is 23.8 Å². The smallest absolute Gasteiger partial charge is 0.407 e. The van der Waals surface area contributed by atoms with Crippen LogP contribution < -0.4 is 5.32 Å². The molecule has 3 nitrogen and oxygen atoms in total. The van der Waals surface area contributed by atoms with Crippen LogP contribution in [-0.2, 0) is 11.3 Å². The van der Waals surface area contributed by atoms with Gasteiger partial charge in [-0.15, -0.1) is 6.58 Å². The fraction of sp³-hybridized carbons (Fsp3) is 0.526. The van der Waals surface area contributed by atoms with Gasteiger partial charge in [0.2, 0.25) is 0 Å². The molecule has 0 aromatic heterocycles. The number of hydrogen-bond donors (Lipinski definition) is 1. The summed E-state index contributed by atoms with van der Waals surface area (Å²) in [4.78, 5) is 11.8. The van der Waals surface area contributed by atoms with Crippen LogP contribution in [0.25, 0.3) is 0 Å². The highest BCUT2D eigenvalue weighted by Gasteiger charge is 2.23. The van der Waals surface area contributed by atoms with Gasteiger partial charge >= 0.3 is 6.09 Å². The minimum absolute atomic E-state index is 0.322. The predicted octanol–water partition coefficient (Wildman–Crippen LogP) is 4.69. The number of nitrogens with one attached hydrogen (secondary N) is 1. The lowest BCUT2D eigenvalue weighted by atomic mass is 9.78. The number of ether oxygens (including phenoxy) is 1. The molecular formula is C19H27NO2. The van der Waals surface area contributed by atoms with Gasteiger partial charge in [-0.3, -0.25) is 0 Å². The Morgan fingerprint density at radius 2 is 2.00 bits per heavy atom. The van der Waals surface area contributed by atoms with Gasteiger partial charge in [0.1, 0.15) is 6.61 Å². The van der Waals surface area contributed by atoms with Crippen LogP contribution in [0, 0.1) is 11.8 Å². The van der Waals surface area contributed by atoms with Crippen molar-refractivity contribution in [3.05, 3.63) is 48.6 Å². The largest absolute Gasteiger partial charge is 0.445 e. The summed E-state index contributed by atoms with van der Waals surface area (Å²) in [6.45, 7) is 4.86. The maximum Gasteiger partial charge on any atom is 0.407 e. The number of allylic oxidation sites excluding steroid dienone is 1. The molecule has 1 N–H and O–H groups in total. The van der Waals surface area contributed by atoms with E-state index in [0.717, 1.165) is 12.0 Å². The van der Waals surface area contributed by atoms with Crippen LogP contribution in [0.1, 0.15) is 44.1 Å². The molecule has 1 aliphatic carbocycles. The monoisotopic (exact) mass is 301 g/mol. The molecule has 2 rings (SSSR count). The maximum absolute atomic E-state index is 11.8. The number of carbonyl (C=O) groups excluding carboxylic acids is 1. The van der Waals surface area contributed by atoms with E-state index in [9.17, 15) is 4.79 Å². The zero-order valence-corrected chi connectivity index (χ0v) is 13.3. The van der Waals surface area contributed by atoms with Crippen molar-refractivity contribution in [1.29, 1.82) is 0 Å². The van der Waals surface area contributed by atoms with Gasteiger partial charge in [0, 0.05) is 6.54 Å². The Bertz CT molecular complexity index is 452. The van der Waals surface area contributed by atoms with E-state index in [1.165, 1.54) is 32.1 Å². The Morgan fingerprint density at radius 3 is 2.68 bits per heavy atom. The number of carbonyl (C=O) groups is 1. The van der Waals surface area contributed by atoms with Gasteiger partial charge in [-0.2, -0.15) is 0 Å². The molecule has 3 heteroatoms. The molecule has 1 amide bonds. The summed E-state index contributed by atoms with van der Waals surface area (Å²) in [6.07, 6.45) is 9.14. The van der Waals surface area contributed by atoms with Gasteiger partial charge in [-0.1, -0.05) is 68.5 Å². The van der Waals surface area contributed by atoms with E-state index in [1.54, 1.807) is 0 Å². The summed E-state index contributed by atoms with van der Waals surface area (Å²) in [5, 5.41) is 2.93. The second kappa shape index (κ2) is 9.29. The van der Waals surface area contributed by atoms with Gasteiger partial charge in [0.25, 0.3) is 0 Å². The van der Waals surface area contributed by atoms with Crippen molar-refractivity contribution in [3.8, 4) is 0 Å². The lowest BCUT2D eigenvalue weighted by molar-refractivity contribution is 0.134. The number of benzene rings is 1. The van der Waals surface area contributed by atoms with Crippen LogP contribution in [0.4, 0.5) is 4.79 Å². The highest BCUT2D eigenvalue weighted by molar-refractivity contribution is 5.67. The van der Waals surface area contributed by atoms with Crippen molar-refractivity contribution < 1.29 is 9.53 Å². The first-order chi connectivity index (χ1) is 10.8. The summed E-state index contributed by atoms with van der Waals surface area (Å²) >= 11 is 0. The standard InChI is InChI=1S/C19H27NO2/c1-2-9-18(17-12-7-4-8-13-17)14-20-19(21)22-15-16-10-5-3-6-11-16/h2-3,5-6,10-11,17-18H,1,4,7-9,12-15H2,(H,20,21)/t18-/m0/s1. The Kier molecular flexibility index (Phi) is 7.01. The molecule has 22 heavy (non-hydrogen) atoms. The van der Waals surface area contributed by atoms with Crippen molar-refractivity contribution in [3.63, 3.8) is 0 Å². The molecule has 1 atom stereocenters. The SMILES string of the molecule is C=CC[C@@H](CNC(=O)OCc1ccccc1)C1CCCCC1. The summed E-state index contributed by atoms with van der Waals surface area (Å²) in [5.74, 6) is 1.20. The Hall–Kier alpha value is -1.77. The van der Waals surface area contributed by atoms with E-state index in [4.69, 9.17) is 4.74 Å². The van der Waals surface area contributed by atoms with E-state index >= 15 is 0 Å². The molecule has 1 saturated carbocycles. The molecule has 1 aromatic carbocycles. The lowest BCUT2D eigenvalue weighted by Crippen LogP contribution is -2.33. The van der Waals surface area contributed by atoms with Crippen LogP contribution in [0.3, 0.4) is 0 Å². The van der Waals surface area contributed by atoms with E-state index in [0.29, 0.717) is 25.0 Å². The third kappa shape index (κ3) is 5.55. The minimum Gasteiger partial charge on any atom is -0.445 e. The molecular weight excluding hydrogens is 274 g/mol. The second-order valence-electron chi connectivity index (χ2n) is 6.13. The number of alkyl carbamates (subject to hydrolysis) is 1. The van der Waals surface area contributed by atoms with Crippen LogP contribution in [0.2, 0.25) is 0 Å². The van der Waals surface area contributed by atoms with Crippen LogP contribution >= 0.6 is 0 Å². The summed E-state index contributed by atoms with van der Waals surface area (Å²) in [7, 11) is 0. The van der Waals surface area contributed by atoms with Crippen molar-refractivity contribution in [2.45, 2.75) is 45.1 Å². The summed E-state index contributed by atoms with van der Waals surface area (Å²) < 4.78 is 5.27. The zero-order chi connectivity index (χ0) is 15.6. The first kappa shape index (κ1) is 16.6. The molecule has 0 bridgehead atoms. The molecule has 1 aromatic rings. The second-order valence-corrected chi connectivity index (χ2v) is 6.13. The Labute approximate surface area is 133 Å².